The lowest BCUT2D eigenvalue weighted by molar-refractivity contribution is -0.134. The normalized spacial score (nSPS) is 33.9. The topological polar surface area (TPSA) is 131 Å². The maximum absolute atomic E-state index is 10.3. The van der Waals surface area contributed by atoms with Crippen LogP contribution >= 0.6 is 0 Å². The van der Waals surface area contributed by atoms with Crippen molar-refractivity contribution >= 4 is 6.08 Å². The molecule has 0 radical (unpaired) electrons. The second kappa shape index (κ2) is 8.46. The van der Waals surface area contributed by atoms with Gasteiger partial charge in [-0.1, -0.05) is 24.3 Å². The molecule has 0 saturated heterocycles. The average molecular weight is 352 g/mol. The second-order valence-corrected chi connectivity index (χ2v) is 6.12. The third-order valence-corrected chi connectivity index (χ3v) is 4.00. The van der Waals surface area contributed by atoms with E-state index in [-0.39, 0.29) is 23.5 Å². The highest BCUT2D eigenvalue weighted by atomic mass is 16.6. The van der Waals surface area contributed by atoms with Gasteiger partial charge in [-0.2, -0.15) is 0 Å². The Morgan fingerprint density at radius 2 is 1.72 bits per heavy atom. The summed E-state index contributed by atoms with van der Waals surface area (Å²) in [7, 11) is 0. The zero-order valence-corrected chi connectivity index (χ0v) is 13.9. The van der Waals surface area contributed by atoms with Crippen LogP contribution < -0.4 is 0 Å². The van der Waals surface area contributed by atoms with E-state index in [0.29, 0.717) is 12.0 Å². The molecular formula is C18H24O7. The number of phenols is 2. The molecule has 1 aliphatic rings. The highest BCUT2D eigenvalue weighted by molar-refractivity contribution is 5.61. The standard InChI is InChI=1S/C18H24O7/c1-10-4-2-6-13(20)17(23)14(21)7-3-5-11-8-12(19)9-15(22)16(11)18(24)25-10/h2-3,5-6,8-10,13-14,17-24H,4,7H2,1H3/b5-3+,6-2-/t10-,13?,14-,17+,18?/m0/s1. The van der Waals surface area contributed by atoms with E-state index in [1.807, 2.05) is 0 Å². The summed E-state index contributed by atoms with van der Waals surface area (Å²) in [5, 5.41) is 59.7. The van der Waals surface area contributed by atoms with Crippen molar-refractivity contribution in [3.63, 3.8) is 0 Å². The number of hydrogen-bond acceptors (Lipinski definition) is 7. The molecular weight excluding hydrogens is 328 g/mol. The minimum absolute atomic E-state index is 0.0231. The number of aliphatic hydroxyl groups excluding tert-OH is 4. The van der Waals surface area contributed by atoms with Crippen LogP contribution in [0.4, 0.5) is 0 Å². The van der Waals surface area contributed by atoms with Crippen molar-refractivity contribution in [3.05, 3.63) is 41.5 Å². The van der Waals surface area contributed by atoms with Gasteiger partial charge in [0.1, 0.15) is 23.7 Å². The summed E-state index contributed by atoms with van der Waals surface area (Å²) >= 11 is 0. The first-order valence-electron chi connectivity index (χ1n) is 8.06. The molecule has 1 aromatic rings. The number of phenolic OH excluding ortho intramolecular Hbond substituents is 2. The van der Waals surface area contributed by atoms with Gasteiger partial charge in [0.2, 0.25) is 0 Å². The highest BCUT2D eigenvalue weighted by Crippen LogP contribution is 2.34. The predicted octanol–water partition coefficient (Wildman–Crippen LogP) is 0.940. The minimum atomic E-state index is -1.42. The van der Waals surface area contributed by atoms with Crippen LogP contribution in [-0.4, -0.2) is 55.1 Å². The molecule has 2 unspecified atom stereocenters. The van der Waals surface area contributed by atoms with Crippen molar-refractivity contribution in [3.8, 4) is 11.5 Å². The van der Waals surface area contributed by atoms with E-state index >= 15 is 0 Å². The number of benzene rings is 1. The van der Waals surface area contributed by atoms with E-state index in [0.717, 1.165) is 6.07 Å². The van der Waals surface area contributed by atoms with E-state index in [2.05, 4.69) is 0 Å². The van der Waals surface area contributed by atoms with Crippen LogP contribution in [0.15, 0.2) is 30.4 Å². The van der Waals surface area contributed by atoms with Crippen LogP contribution in [0.25, 0.3) is 6.08 Å². The van der Waals surface area contributed by atoms with Gasteiger partial charge in [0.25, 0.3) is 0 Å². The zero-order chi connectivity index (χ0) is 18.6. The van der Waals surface area contributed by atoms with Gasteiger partial charge < -0.3 is 35.4 Å². The van der Waals surface area contributed by atoms with E-state index in [9.17, 15) is 30.6 Å². The van der Waals surface area contributed by atoms with Gasteiger partial charge in [0.05, 0.1) is 17.8 Å². The molecule has 0 saturated carbocycles. The van der Waals surface area contributed by atoms with Gasteiger partial charge in [-0.15, -0.1) is 0 Å². The number of ether oxygens (including phenoxy) is 1. The van der Waals surface area contributed by atoms with Crippen LogP contribution in [-0.2, 0) is 4.74 Å². The van der Waals surface area contributed by atoms with Crippen molar-refractivity contribution in [2.75, 3.05) is 0 Å². The molecule has 138 valence electrons. The van der Waals surface area contributed by atoms with E-state index in [4.69, 9.17) is 4.74 Å². The maximum atomic E-state index is 10.3. The summed E-state index contributed by atoms with van der Waals surface area (Å²) in [5.41, 5.74) is 0.407. The van der Waals surface area contributed by atoms with E-state index in [1.54, 1.807) is 13.0 Å². The van der Waals surface area contributed by atoms with Crippen molar-refractivity contribution in [2.24, 2.45) is 0 Å². The first-order chi connectivity index (χ1) is 11.8. The lowest BCUT2D eigenvalue weighted by atomic mass is 10.0. The SMILES string of the molecule is C[C@H]1C/C=C\C(O)[C@@H](O)[C@@H](O)C/C=C/c2cc(O)cc(O)c2C(O)O1. The Kier molecular flexibility index (Phi) is 6.57. The smallest absolute Gasteiger partial charge is 0.185 e. The third kappa shape index (κ3) is 5.04. The fraction of sp³-hybridized carbons (Fsp3) is 0.444. The van der Waals surface area contributed by atoms with E-state index in [1.165, 1.54) is 24.3 Å². The summed E-state index contributed by atoms with van der Waals surface area (Å²) in [4.78, 5) is 0. The number of aromatic hydroxyl groups is 2. The second-order valence-electron chi connectivity index (χ2n) is 6.12. The molecule has 0 fully saturated rings. The largest absolute Gasteiger partial charge is 0.508 e. The van der Waals surface area contributed by atoms with Crippen LogP contribution in [0.2, 0.25) is 0 Å². The summed E-state index contributed by atoms with van der Waals surface area (Å²) in [5.74, 6) is -0.515. The van der Waals surface area contributed by atoms with Gasteiger partial charge in [0.15, 0.2) is 6.29 Å². The Labute approximate surface area is 145 Å². The summed E-state index contributed by atoms with van der Waals surface area (Å²) in [6.07, 6.45) is 0.616. The molecule has 6 N–H and O–H groups in total. The van der Waals surface area contributed by atoms with Crippen molar-refractivity contribution in [1.82, 2.24) is 0 Å². The minimum Gasteiger partial charge on any atom is -0.508 e. The summed E-state index contributed by atoms with van der Waals surface area (Å²) < 4.78 is 5.46. The molecule has 7 nitrogen and oxygen atoms in total. The fourth-order valence-electron chi connectivity index (χ4n) is 2.62. The fourth-order valence-corrected chi connectivity index (χ4v) is 2.62. The quantitative estimate of drug-likeness (QED) is 0.383. The molecule has 7 heteroatoms. The Morgan fingerprint density at radius 1 is 1.00 bits per heavy atom. The van der Waals surface area contributed by atoms with Crippen LogP contribution in [0.1, 0.15) is 37.2 Å². The Morgan fingerprint density at radius 3 is 2.44 bits per heavy atom. The molecule has 25 heavy (non-hydrogen) atoms. The number of hydrogen-bond donors (Lipinski definition) is 6. The van der Waals surface area contributed by atoms with Gasteiger partial charge in [-0.3, -0.25) is 0 Å². The van der Waals surface area contributed by atoms with Crippen LogP contribution in [0.5, 0.6) is 11.5 Å². The molecule has 0 bridgehead atoms. The molecule has 5 atom stereocenters. The molecule has 1 heterocycles. The molecule has 0 aliphatic carbocycles. The van der Waals surface area contributed by atoms with Crippen molar-refractivity contribution in [2.45, 2.75) is 50.5 Å². The number of fused-ring (bicyclic) bond motifs is 1. The third-order valence-electron chi connectivity index (χ3n) is 4.00. The Balaban J connectivity index is 2.40. The monoisotopic (exact) mass is 352 g/mol. The van der Waals surface area contributed by atoms with Crippen molar-refractivity contribution in [1.29, 1.82) is 0 Å². The average Bonchev–Trinajstić information content (AvgIpc) is 2.52. The van der Waals surface area contributed by atoms with E-state index < -0.39 is 30.7 Å². The molecule has 0 amide bonds. The Bertz CT molecular complexity index is 641. The maximum Gasteiger partial charge on any atom is 0.185 e. The van der Waals surface area contributed by atoms with Gasteiger partial charge in [-0.25, -0.2) is 0 Å². The predicted molar refractivity (Wildman–Crippen MR) is 90.7 cm³/mol. The zero-order valence-electron chi connectivity index (χ0n) is 13.9. The molecule has 0 spiro atoms. The van der Waals surface area contributed by atoms with Crippen molar-refractivity contribution < 1.29 is 35.4 Å². The number of aliphatic hydroxyl groups is 4. The summed E-state index contributed by atoms with van der Waals surface area (Å²) in [6, 6.07) is 2.44. The van der Waals surface area contributed by atoms with Gasteiger partial charge >= 0.3 is 0 Å². The van der Waals surface area contributed by atoms with Gasteiger partial charge in [0, 0.05) is 6.07 Å². The lowest BCUT2D eigenvalue weighted by Gasteiger charge is -2.22. The molecule has 0 aromatic heterocycles. The lowest BCUT2D eigenvalue weighted by Crippen LogP contribution is -2.35. The number of rotatable bonds is 0. The molecule has 2 rings (SSSR count). The van der Waals surface area contributed by atoms with Crippen LogP contribution in [0, 0.1) is 0 Å². The molecule has 1 aliphatic heterocycles. The van der Waals surface area contributed by atoms with Gasteiger partial charge in [-0.05, 0) is 31.4 Å². The molecule has 1 aromatic carbocycles. The highest BCUT2D eigenvalue weighted by Gasteiger charge is 2.23. The summed E-state index contributed by atoms with van der Waals surface area (Å²) in [6.45, 7) is 1.70. The first-order valence-corrected chi connectivity index (χ1v) is 8.06. The Hall–Kier alpha value is -1.90. The van der Waals surface area contributed by atoms with Crippen LogP contribution in [0.3, 0.4) is 0 Å². The first kappa shape index (κ1) is 19.4.